The minimum atomic E-state index is -0.256. The molecule has 3 aromatic carbocycles. The average Bonchev–Trinajstić information content (AvgIpc) is 3.00. The number of nitrogens with zero attached hydrogens (tertiary/aromatic N) is 1. The fourth-order valence-corrected chi connectivity index (χ4v) is 5.77. The van der Waals surface area contributed by atoms with Crippen LogP contribution in [0.5, 0.6) is 5.75 Å². The van der Waals surface area contributed by atoms with Gasteiger partial charge in [-0.3, -0.25) is 14.5 Å². The third-order valence-electron chi connectivity index (χ3n) is 4.86. The fraction of sp³-hybridized carbons (Fsp3) is 0.167. The van der Waals surface area contributed by atoms with Crippen LogP contribution in [0, 0.1) is 0 Å². The summed E-state index contributed by atoms with van der Waals surface area (Å²) < 4.78 is 7.59. The number of hydrogen-bond acceptors (Lipinski definition) is 4. The van der Waals surface area contributed by atoms with E-state index in [1.54, 1.807) is 6.08 Å². The third kappa shape index (κ3) is 4.73. The molecule has 4 nitrogen and oxygen atoms in total. The van der Waals surface area contributed by atoms with Gasteiger partial charge in [-0.2, -0.15) is 0 Å². The smallest absolute Gasteiger partial charge is 0.293 e. The lowest BCUT2D eigenvalue weighted by atomic mass is 10.1. The van der Waals surface area contributed by atoms with Crippen LogP contribution in [0.3, 0.4) is 0 Å². The summed E-state index contributed by atoms with van der Waals surface area (Å²) >= 11 is 8.10. The molecule has 158 valence electrons. The summed E-state index contributed by atoms with van der Waals surface area (Å²) in [5.74, 6) is 0.425. The number of rotatable bonds is 5. The maximum Gasteiger partial charge on any atom is 0.293 e. The van der Waals surface area contributed by atoms with Crippen molar-refractivity contribution in [1.82, 2.24) is 4.90 Å². The van der Waals surface area contributed by atoms with Gasteiger partial charge in [-0.05, 0) is 104 Å². The Balaban J connectivity index is 1.53. The highest BCUT2D eigenvalue weighted by Crippen LogP contribution is 2.38. The molecule has 0 N–H and O–H groups in total. The number of hydrogen-bond donors (Lipinski definition) is 0. The number of carbonyl (C=O) groups excluding carboxylic acids is 2. The molecule has 0 unspecified atom stereocenters. The topological polar surface area (TPSA) is 46.6 Å². The molecule has 2 amide bonds. The Labute approximate surface area is 201 Å². The number of thioether (sulfide) groups is 1. The molecule has 0 saturated carbocycles. The van der Waals surface area contributed by atoms with E-state index in [0.29, 0.717) is 17.3 Å². The van der Waals surface area contributed by atoms with E-state index in [9.17, 15) is 9.59 Å². The van der Waals surface area contributed by atoms with Gasteiger partial charge in [0.1, 0.15) is 12.4 Å². The summed E-state index contributed by atoms with van der Waals surface area (Å²) in [6, 6.07) is 18.1. The van der Waals surface area contributed by atoms with E-state index < -0.39 is 0 Å². The second-order valence-corrected chi connectivity index (χ2v) is 10.1. The molecular formula is C24H19Br2NO3S. The van der Waals surface area contributed by atoms with Gasteiger partial charge in [0.25, 0.3) is 11.1 Å². The van der Waals surface area contributed by atoms with E-state index in [1.807, 2.05) is 38.1 Å². The molecule has 1 saturated heterocycles. The van der Waals surface area contributed by atoms with Crippen LogP contribution in [0.2, 0.25) is 0 Å². The van der Waals surface area contributed by atoms with Gasteiger partial charge in [0, 0.05) is 6.04 Å². The van der Waals surface area contributed by atoms with Gasteiger partial charge < -0.3 is 4.74 Å². The average molecular weight is 561 g/mol. The molecule has 7 heteroatoms. The normalized spacial score (nSPS) is 15.5. The molecule has 4 rings (SSSR count). The lowest BCUT2D eigenvalue weighted by Gasteiger charge is -2.16. The zero-order valence-corrected chi connectivity index (χ0v) is 20.9. The monoisotopic (exact) mass is 559 g/mol. The predicted octanol–water partition coefficient (Wildman–Crippen LogP) is 7.39. The predicted molar refractivity (Wildman–Crippen MR) is 133 cm³/mol. The van der Waals surface area contributed by atoms with Crippen molar-refractivity contribution in [3.05, 3.63) is 79.6 Å². The van der Waals surface area contributed by atoms with Gasteiger partial charge in [-0.25, -0.2) is 0 Å². The minimum Gasteiger partial charge on any atom is -0.487 e. The van der Waals surface area contributed by atoms with Gasteiger partial charge in [0.15, 0.2) is 0 Å². The van der Waals surface area contributed by atoms with Gasteiger partial charge in [0.05, 0.1) is 13.9 Å². The van der Waals surface area contributed by atoms with E-state index in [-0.39, 0.29) is 17.2 Å². The van der Waals surface area contributed by atoms with Crippen molar-refractivity contribution >= 4 is 71.6 Å². The Kier molecular flexibility index (Phi) is 6.55. The molecule has 0 bridgehead atoms. The number of fused-ring (bicyclic) bond motifs is 1. The van der Waals surface area contributed by atoms with Crippen molar-refractivity contribution in [3.8, 4) is 5.75 Å². The fourth-order valence-electron chi connectivity index (χ4n) is 3.36. The zero-order valence-electron chi connectivity index (χ0n) is 16.9. The number of carbonyl (C=O) groups is 2. The number of amides is 2. The first-order valence-corrected chi connectivity index (χ1v) is 12.1. The van der Waals surface area contributed by atoms with Crippen LogP contribution in [-0.2, 0) is 11.4 Å². The molecule has 1 aliphatic rings. The summed E-state index contributed by atoms with van der Waals surface area (Å²) in [7, 11) is 0. The zero-order chi connectivity index (χ0) is 22.1. The molecule has 1 aliphatic heterocycles. The van der Waals surface area contributed by atoms with Gasteiger partial charge in [0.2, 0.25) is 0 Å². The second-order valence-electron chi connectivity index (χ2n) is 7.43. The molecule has 0 aromatic heterocycles. The minimum absolute atomic E-state index is 0.164. The number of benzene rings is 3. The second kappa shape index (κ2) is 9.18. The Bertz CT molecular complexity index is 1200. The number of imide groups is 1. The molecule has 0 aliphatic carbocycles. The summed E-state index contributed by atoms with van der Waals surface area (Å²) in [4.78, 5) is 26.3. The summed E-state index contributed by atoms with van der Waals surface area (Å²) in [5, 5.41) is 2.13. The molecular weight excluding hydrogens is 542 g/mol. The van der Waals surface area contributed by atoms with Crippen molar-refractivity contribution in [2.45, 2.75) is 26.5 Å². The first-order chi connectivity index (χ1) is 14.8. The Morgan fingerprint density at radius 1 is 1.00 bits per heavy atom. The molecule has 31 heavy (non-hydrogen) atoms. The highest BCUT2D eigenvalue weighted by atomic mass is 79.9. The van der Waals surface area contributed by atoms with Gasteiger partial charge in [-0.15, -0.1) is 0 Å². The maximum absolute atomic E-state index is 12.5. The van der Waals surface area contributed by atoms with Gasteiger partial charge in [-0.1, -0.05) is 36.4 Å². The summed E-state index contributed by atoms with van der Waals surface area (Å²) in [6.07, 6.45) is 1.73. The van der Waals surface area contributed by atoms with Crippen LogP contribution in [0.25, 0.3) is 16.8 Å². The van der Waals surface area contributed by atoms with Crippen molar-refractivity contribution in [2.24, 2.45) is 0 Å². The van der Waals surface area contributed by atoms with Crippen LogP contribution in [0.15, 0.2) is 68.4 Å². The van der Waals surface area contributed by atoms with Crippen LogP contribution in [-0.4, -0.2) is 22.1 Å². The van der Waals surface area contributed by atoms with Crippen molar-refractivity contribution < 1.29 is 14.3 Å². The van der Waals surface area contributed by atoms with Crippen molar-refractivity contribution in [2.75, 3.05) is 0 Å². The van der Waals surface area contributed by atoms with Gasteiger partial charge >= 0.3 is 0 Å². The Morgan fingerprint density at radius 2 is 1.68 bits per heavy atom. The molecule has 0 spiro atoms. The molecule has 0 radical (unpaired) electrons. The van der Waals surface area contributed by atoms with E-state index in [1.165, 1.54) is 15.7 Å². The molecule has 1 heterocycles. The first kappa shape index (κ1) is 22.1. The number of halogens is 2. The van der Waals surface area contributed by atoms with Crippen LogP contribution >= 0.6 is 43.6 Å². The Morgan fingerprint density at radius 3 is 2.32 bits per heavy atom. The van der Waals surface area contributed by atoms with E-state index in [2.05, 4.69) is 62.2 Å². The lowest BCUT2D eigenvalue weighted by molar-refractivity contribution is -0.123. The van der Waals surface area contributed by atoms with Crippen LogP contribution in [0.4, 0.5) is 4.79 Å². The molecule has 0 atom stereocenters. The highest BCUT2D eigenvalue weighted by Gasteiger charge is 2.36. The Hall–Kier alpha value is -2.09. The van der Waals surface area contributed by atoms with E-state index >= 15 is 0 Å². The van der Waals surface area contributed by atoms with Crippen LogP contribution < -0.4 is 4.74 Å². The SMILES string of the molecule is CC(C)N1C(=O)S/C(=C/c2cc(Br)c(OCc3ccc4ccccc4c3)c(Br)c2)C1=O. The first-order valence-electron chi connectivity index (χ1n) is 9.70. The van der Waals surface area contributed by atoms with E-state index in [0.717, 1.165) is 31.8 Å². The van der Waals surface area contributed by atoms with E-state index in [4.69, 9.17) is 4.74 Å². The van der Waals surface area contributed by atoms with Crippen molar-refractivity contribution in [3.63, 3.8) is 0 Å². The molecule has 3 aromatic rings. The van der Waals surface area contributed by atoms with Crippen LogP contribution in [0.1, 0.15) is 25.0 Å². The third-order valence-corrected chi connectivity index (χ3v) is 6.92. The lowest BCUT2D eigenvalue weighted by Crippen LogP contribution is -2.34. The molecule has 1 fully saturated rings. The standard InChI is InChI=1S/C24H19Br2NO3S/c1-14(2)27-23(28)21(31-24(27)29)12-16-10-19(25)22(20(26)11-16)30-13-15-7-8-17-5-3-4-6-18(17)9-15/h3-12,14H,13H2,1-2H3/b21-12+. The summed E-state index contributed by atoms with van der Waals surface area (Å²) in [5.41, 5.74) is 1.87. The van der Waals surface area contributed by atoms with Crippen molar-refractivity contribution in [1.29, 1.82) is 0 Å². The number of ether oxygens (including phenoxy) is 1. The summed E-state index contributed by atoms with van der Waals surface area (Å²) in [6.45, 7) is 4.08. The quantitative estimate of drug-likeness (QED) is 0.305. The highest BCUT2D eigenvalue weighted by molar-refractivity contribution is 9.11. The largest absolute Gasteiger partial charge is 0.487 e. The maximum atomic E-state index is 12.5.